The number of fused-ring (bicyclic) bond motifs is 4. The molecule has 19 heterocycles. The fraction of sp³-hybridized carbons (Fsp3) is 0.125. The van der Waals surface area contributed by atoms with Crippen LogP contribution in [0.1, 0.15) is 60.1 Å². The van der Waals surface area contributed by atoms with Crippen molar-refractivity contribution in [3.05, 3.63) is 268 Å². The standard InChI is InChI=1S/C17H13N5O3.C16H17BN4O3.C10H6BrClN4O.C10H5BrN4O.C10H6N4O2.C7H9NO2.C5H4BrClN2.C5H4N2O2/c1-23-12-3-2-11(20-7-12)10-24-13-6-14-16(21-8-13)25-17(22-14)15-9-18-4-5-19-15;1-15(2)16(3,4)24-17(23-15)10-7-11-13(20-8-10)22-14(21-11)12-9-18-5-6-19-12;11-6-3-7(9(12)15-4-6)16-10(17)8-5-13-1-2-14-8;11-6-3-7-9(14-4-6)16-10(15-7)8-5-12-1-2-13-8;15-6-3-7-9(13-4-6)16-10(14-7)8-5-11-1-2-12-8;1-10-7-3-2-6(5-9)8-4-7;6-3-1-4(8)5(7)9-2-3;8-5(9)4-3-6-1-2-7-4/h2-9H,10H2,1H3;5-9H,1-4H3;1-5H,(H,16,17);1-5H;1-5,15H;2-4,9H,5H2,1H3;1-2H,8H2;1-3H,(H,8,9). The molecule has 1 saturated heterocycles. The number of carbonyl (C=O) groups excluding carboxylic acids is 1. The van der Waals surface area contributed by atoms with Gasteiger partial charge < -0.3 is 67.6 Å². The fourth-order valence-corrected chi connectivity index (χ4v) is 11.1. The molecule has 0 saturated carbocycles. The summed E-state index contributed by atoms with van der Waals surface area (Å²) in [6.45, 7) is 8.35. The van der Waals surface area contributed by atoms with E-state index in [4.69, 9.17) is 80.3 Å². The number of hydrogen-bond acceptors (Lipinski definition) is 38. The first-order chi connectivity index (χ1) is 60.9. The van der Waals surface area contributed by atoms with Crippen LogP contribution in [-0.2, 0) is 22.5 Å². The van der Waals surface area contributed by atoms with E-state index in [0.717, 1.165) is 24.6 Å². The molecule has 0 bridgehead atoms. The first kappa shape index (κ1) is 90.7. The predicted octanol–water partition coefficient (Wildman–Crippen LogP) is 13.8. The van der Waals surface area contributed by atoms with Crippen molar-refractivity contribution < 1.29 is 66.1 Å². The Hall–Kier alpha value is -14.5. The molecule has 18 aromatic rings. The number of carboxylic acid groups (broad SMARTS) is 1. The summed E-state index contributed by atoms with van der Waals surface area (Å²) in [4.78, 5) is 119. The first-order valence-electron chi connectivity index (χ1n) is 36.3. The number of oxazole rings is 4. The summed E-state index contributed by atoms with van der Waals surface area (Å²) in [5, 5.41) is 29.3. The number of ether oxygens (including phenoxy) is 3. The fourth-order valence-electron chi connectivity index (χ4n) is 9.88. The highest BCUT2D eigenvalue weighted by Gasteiger charge is 2.52. The molecule has 0 radical (unpaired) electrons. The molecule has 1 fully saturated rings. The van der Waals surface area contributed by atoms with Crippen LogP contribution in [-0.4, -0.2) is 179 Å². The number of rotatable bonds is 14. The molecule has 1 aliphatic heterocycles. The molecule has 1 amide bonds. The van der Waals surface area contributed by atoms with Gasteiger partial charge in [0.1, 0.15) is 80.1 Å². The highest BCUT2D eigenvalue weighted by Crippen LogP contribution is 2.37. The number of aliphatic hydroxyl groups is 1. The summed E-state index contributed by atoms with van der Waals surface area (Å²) in [5.74, 6) is 2.10. The Labute approximate surface area is 747 Å². The topological polar surface area (TPSA) is 541 Å². The Kier molecular flexibility index (Phi) is 31.3. The molecule has 40 nitrogen and oxygen atoms in total. The van der Waals surface area contributed by atoms with Crippen LogP contribution >= 0.6 is 71.0 Å². The van der Waals surface area contributed by atoms with E-state index < -0.39 is 24.3 Å². The molecule has 636 valence electrons. The van der Waals surface area contributed by atoms with Gasteiger partial charge in [0.15, 0.2) is 16.0 Å². The zero-order chi connectivity index (χ0) is 89.1. The third-order valence-corrected chi connectivity index (χ3v) is 18.6. The maximum Gasteiger partial charge on any atom is 0.496 e. The minimum atomic E-state index is -1.05. The highest BCUT2D eigenvalue weighted by molar-refractivity contribution is 9.11. The van der Waals surface area contributed by atoms with Crippen molar-refractivity contribution in [2.45, 2.75) is 52.1 Å². The number of amides is 1. The molecule has 19 rings (SSSR count). The van der Waals surface area contributed by atoms with Crippen LogP contribution in [0.3, 0.4) is 0 Å². The first-order valence-corrected chi connectivity index (χ1v) is 39.5. The summed E-state index contributed by atoms with van der Waals surface area (Å²) >= 11 is 21.1. The van der Waals surface area contributed by atoms with E-state index in [9.17, 15) is 14.7 Å². The smallest absolute Gasteiger partial charge is 0.496 e. The van der Waals surface area contributed by atoms with Crippen molar-refractivity contribution in [3.8, 4) is 69.3 Å². The Morgan fingerprint density at radius 1 is 0.444 bits per heavy atom. The Morgan fingerprint density at radius 3 is 1.28 bits per heavy atom. The van der Waals surface area contributed by atoms with Crippen LogP contribution in [0.2, 0.25) is 10.3 Å². The van der Waals surface area contributed by atoms with Crippen molar-refractivity contribution in [2.75, 3.05) is 25.3 Å². The second kappa shape index (κ2) is 43.5. The maximum atomic E-state index is 11.8. The van der Waals surface area contributed by atoms with Gasteiger partial charge in [0, 0.05) is 130 Å². The van der Waals surface area contributed by atoms with Crippen LogP contribution in [0.4, 0.5) is 11.4 Å². The molecule has 18 aromatic heterocycles. The number of aliphatic hydroxyl groups excluding tert-OH is 1. The number of carbonyl (C=O) groups is 2. The monoisotopic (exact) mass is 1930 g/mol. The van der Waals surface area contributed by atoms with Gasteiger partial charge in [0.2, 0.25) is 46.4 Å². The second-order valence-electron chi connectivity index (χ2n) is 25.9. The molecule has 1 aliphatic rings. The van der Waals surface area contributed by atoms with E-state index in [1.807, 2.05) is 52.0 Å². The molecule has 0 spiro atoms. The van der Waals surface area contributed by atoms with Crippen molar-refractivity contribution >= 4 is 152 Å². The Balaban J connectivity index is 0.000000134. The van der Waals surface area contributed by atoms with Gasteiger partial charge in [-0.2, -0.15) is 0 Å². The number of aromatic carboxylic acids is 1. The van der Waals surface area contributed by atoms with E-state index in [2.05, 4.69) is 173 Å². The van der Waals surface area contributed by atoms with Gasteiger partial charge in [-0.05, 0) is 124 Å². The lowest BCUT2D eigenvalue weighted by Gasteiger charge is -2.32. The molecule has 6 N–H and O–H groups in total. The van der Waals surface area contributed by atoms with Gasteiger partial charge >= 0.3 is 13.1 Å². The van der Waals surface area contributed by atoms with E-state index >= 15 is 0 Å². The normalized spacial score (nSPS) is 11.9. The van der Waals surface area contributed by atoms with Crippen LogP contribution in [0.25, 0.3) is 91.3 Å². The molecule has 0 unspecified atom stereocenters. The van der Waals surface area contributed by atoms with Gasteiger partial charge in [0.05, 0.1) is 117 Å². The lowest BCUT2D eigenvalue weighted by Crippen LogP contribution is -2.41. The van der Waals surface area contributed by atoms with Gasteiger partial charge in [0.25, 0.3) is 5.91 Å². The molecule has 126 heavy (non-hydrogen) atoms. The van der Waals surface area contributed by atoms with Gasteiger partial charge in [-0.25, -0.2) is 84.5 Å². The number of methoxy groups -OCH3 is 2. The molecule has 0 atom stereocenters. The van der Waals surface area contributed by atoms with E-state index in [1.54, 1.807) is 162 Å². The summed E-state index contributed by atoms with van der Waals surface area (Å²) in [6.07, 6.45) is 39.8. The summed E-state index contributed by atoms with van der Waals surface area (Å²) < 4.78 is 52.2. The molecule has 46 heteroatoms. The van der Waals surface area contributed by atoms with Crippen molar-refractivity contribution in [3.63, 3.8) is 0 Å². The highest BCUT2D eigenvalue weighted by atomic mass is 79.9. The second-order valence-corrected chi connectivity index (χ2v) is 29.4. The van der Waals surface area contributed by atoms with E-state index in [1.165, 1.54) is 49.4 Å². The van der Waals surface area contributed by atoms with Crippen LogP contribution in [0, 0.1) is 0 Å². The molecule has 0 aromatic carbocycles. The van der Waals surface area contributed by atoms with Gasteiger partial charge in [-0.15, -0.1) is 0 Å². The quantitative estimate of drug-likeness (QED) is 0.0498. The van der Waals surface area contributed by atoms with E-state index in [-0.39, 0.29) is 34.8 Å². The lowest BCUT2D eigenvalue weighted by atomic mass is 9.80. The number of anilines is 2. The number of halogens is 5. The van der Waals surface area contributed by atoms with Crippen LogP contribution < -0.4 is 30.7 Å². The number of nitrogen functional groups attached to an aromatic ring is 1. The SMILES string of the molecule is Brc1cnc2oc(-c3cnccn3)nc2c1.CC1(C)OB(c2cnc3oc(-c4cnccn4)nc3c2)OC1(C)C.COc1ccc(CO)nc1.COc1ccc(COc2cnc3oc(-c4cnccn4)nc3c2)nc1.Nc1cc(Br)cnc1Cl.O=C(Nc1cc(Br)cnc1Cl)c1cnccn1.O=C(O)c1cnccn1.Oc1cnc2oc(-c3cnccn3)nc2c1. The zero-order valence-corrected chi connectivity index (χ0v) is 72.6. The number of aromatic nitrogens is 24. The third-order valence-electron chi connectivity index (χ3n) is 16.7. The Bertz CT molecular complexity index is 6460. The number of nitrogens with two attached hydrogens (primary N) is 1. The van der Waals surface area contributed by atoms with Gasteiger partial charge in [-0.1, -0.05) is 23.2 Å². The average molecular weight is 1930 g/mol. The Morgan fingerprint density at radius 2 is 0.849 bits per heavy atom. The summed E-state index contributed by atoms with van der Waals surface area (Å²) in [5.41, 5.74) is 14.2. The maximum absolute atomic E-state index is 11.8. The van der Waals surface area contributed by atoms with E-state index in [0.29, 0.717) is 137 Å². The van der Waals surface area contributed by atoms with Crippen LogP contribution in [0.5, 0.6) is 23.0 Å². The number of carboxylic acids is 1. The zero-order valence-electron chi connectivity index (χ0n) is 66.3. The number of nitrogens with zero attached hydrogens (tertiary/aromatic N) is 24. The van der Waals surface area contributed by atoms with Crippen LogP contribution in [0.15, 0.2) is 253 Å². The van der Waals surface area contributed by atoms with Crippen molar-refractivity contribution in [2.24, 2.45) is 0 Å². The molecular formula is C80H64BBr3Cl2N26O14. The van der Waals surface area contributed by atoms with Crippen molar-refractivity contribution in [1.29, 1.82) is 0 Å². The minimum absolute atomic E-state index is 0.0238. The third kappa shape index (κ3) is 25.3. The molecule has 0 aliphatic carbocycles. The summed E-state index contributed by atoms with van der Waals surface area (Å²) in [7, 11) is 2.69. The number of pyridine rings is 8. The predicted molar refractivity (Wildman–Crippen MR) is 466 cm³/mol. The largest absolute Gasteiger partial charge is 0.506 e. The van der Waals surface area contributed by atoms with Gasteiger partial charge in [-0.3, -0.25) is 44.7 Å². The average Bonchev–Trinajstić information content (AvgIpc) is 1.61. The number of nitrogens with one attached hydrogen (secondary N) is 1. The number of hydrogen-bond donors (Lipinski definition) is 5. The lowest BCUT2D eigenvalue weighted by molar-refractivity contribution is 0.00578. The van der Waals surface area contributed by atoms with Crippen molar-refractivity contribution in [1.82, 2.24) is 120 Å². The summed E-state index contributed by atoms with van der Waals surface area (Å²) in [6, 6.07) is 17.5. The number of aromatic hydroxyl groups is 1. The molecular weight excluding hydrogens is 1870 g/mol. The minimum Gasteiger partial charge on any atom is -0.506 e.